The van der Waals surface area contributed by atoms with Gasteiger partial charge in [-0.15, -0.1) is 11.3 Å². The molecule has 0 spiro atoms. The zero-order chi connectivity index (χ0) is 14.9. The Bertz CT molecular complexity index is 810. The lowest BCUT2D eigenvalue weighted by Gasteiger charge is -2.07. The molecule has 0 saturated heterocycles. The van der Waals surface area contributed by atoms with Crippen LogP contribution in [0.2, 0.25) is 0 Å². The fourth-order valence-electron chi connectivity index (χ4n) is 3.15. The van der Waals surface area contributed by atoms with Crippen molar-refractivity contribution in [3.8, 4) is 11.4 Å². The van der Waals surface area contributed by atoms with E-state index < -0.39 is 0 Å². The van der Waals surface area contributed by atoms with E-state index in [1.54, 1.807) is 11.3 Å². The summed E-state index contributed by atoms with van der Waals surface area (Å²) in [6.45, 7) is 0. The molecule has 1 aliphatic carbocycles. The third-order valence-electron chi connectivity index (χ3n) is 4.23. The van der Waals surface area contributed by atoms with E-state index in [1.807, 2.05) is 30.3 Å². The predicted molar refractivity (Wildman–Crippen MR) is 91.9 cm³/mol. The molecular weight excluding hydrogens is 292 g/mol. The first-order chi connectivity index (χ1) is 10.9. The minimum atomic E-state index is 0.734. The van der Waals surface area contributed by atoms with E-state index in [4.69, 9.17) is 10.8 Å². The summed E-state index contributed by atoms with van der Waals surface area (Å²) < 4.78 is 0. The third-order valence-corrected chi connectivity index (χ3v) is 5.42. The highest BCUT2D eigenvalue weighted by Gasteiger charge is 2.20. The van der Waals surface area contributed by atoms with Gasteiger partial charge < -0.3 is 5.43 Å². The highest BCUT2D eigenvalue weighted by atomic mass is 32.1. The molecule has 0 aliphatic heterocycles. The third kappa shape index (κ3) is 2.26. The van der Waals surface area contributed by atoms with Crippen molar-refractivity contribution in [2.24, 2.45) is 5.84 Å². The Balaban J connectivity index is 1.94. The van der Waals surface area contributed by atoms with E-state index >= 15 is 0 Å². The fraction of sp³-hybridized carbons (Fsp3) is 0.294. The Morgan fingerprint density at radius 1 is 1.00 bits per heavy atom. The molecular formula is C17H18N4S. The molecule has 22 heavy (non-hydrogen) atoms. The van der Waals surface area contributed by atoms with Crippen molar-refractivity contribution in [3.63, 3.8) is 0 Å². The average Bonchev–Trinajstić information content (AvgIpc) is 2.76. The van der Waals surface area contributed by atoms with Gasteiger partial charge in [-0.25, -0.2) is 15.8 Å². The van der Waals surface area contributed by atoms with Gasteiger partial charge >= 0.3 is 0 Å². The minimum Gasteiger partial charge on any atom is -0.308 e. The second-order valence-corrected chi connectivity index (χ2v) is 6.73. The Kier molecular flexibility index (Phi) is 3.52. The van der Waals surface area contributed by atoms with Crippen molar-refractivity contribution in [1.29, 1.82) is 0 Å². The average molecular weight is 310 g/mol. The SMILES string of the molecule is NNc1nc(-c2ccccc2)nc2sc3c(c12)CCCCC3. The summed E-state index contributed by atoms with van der Waals surface area (Å²) in [7, 11) is 0. The first-order valence-electron chi connectivity index (χ1n) is 7.71. The molecule has 4 nitrogen and oxygen atoms in total. The molecule has 0 bridgehead atoms. The van der Waals surface area contributed by atoms with Crippen molar-refractivity contribution in [2.75, 3.05) is 5.43 Å². The number of hydrazine groups is 1. The number of nitrogens with two attached hydrogens (primary N) is 1. The molecule has 3 N–H and O–H groups in total. The normalized spacial score (nSPS) is 14.6. The molecule has 1 aliphatic rings. The Morgan fingerprint density at radius 2 is 1.82 bits per heavy atom. The molecule has 5 heteroatoms. The molecule has 2 aromatic heterocycles. The maximum atomic E-state index is 5.76. The lowest BCUT2D eigenvalue weighted by atomic mass is 10.1. The van der Waals surface area contributed by atoms with Crippen LogP contribution in [0, 0.1) is 0 Å². The number of aryl methyl sites for hydroxylation is 2. The molecule has 0 radical (unpaired) electrons. The smallest absolute Gasteiger partial charge is 0.163 e. The van der Waals surface area contributed by atoms with Crippen molar-refractivity contribution < 1.29 is 0 Å². The number of anilines is 1. The number of nitrogen functional groups attached to an aromatic ring is 1. The summed E-state index contributed by atoms with van der Waals surface area (Å²) in [4.78, 5) is 12.0. The molecule has 4 rings (SSSR count). The van der Waals surface area contributed by atoms with Gasteiger partial charge in [0.15, 0.2) is 11.6 Å². The van der Waals surface area contributed by atoms with Gasteiger partial charge in [0.1, 0.15) is 4.83 Å². The van der Waals surface area contributed by atoms with Gasteiger partial charge in [0.05, 0.1) is 5.39 Å². The van der Waals surface area contributed by atoms with Crippen LogP contribution in [0.15, 0.2) is 30.3 Å². The van der Waals surface area contributed by atoms with E-state index in [9.17, 15) is 0 Å². The predicted octanol–water partition coefficient (Wildman–Crippen LogP) is 3.91. The summed E-state index contributed by atoms with van der Waals surface area (Å²) in [5, 5.41) is 1.13. The van der Waals surface area contributed by atoms with Crippen LogP contribution in [0.25, 0.3) is 21.6 Å². The number of hydrogen-bond donors (Lipinski definition) is 2. The largest absolute Gasteiger partial charge is 0.308 e. The second-order valence-electron chi connectivity index (χ2n) is 5.65. The number of rotatable bonds is 2. The Morgan fingerprint density at radius 3 is 2.64 bits per heavy atom. The van der Waals surface area contributed by atoms with Crippen LogP contribution in [0.1, 0.15) is 29.7 Å². The van der Waals surface area contributed by atoms with Crippen molar-refractivity contribution >= 4 is 27.4 Å². The van der Waals surface area contributed by atoms with Crippen molar-refractivity contribution in [2.45, 2.75) is 32.1 Å². The van der Waals surface area contributed by atoms with Gasteiger partial charge in [0.25, 0.3) is 0 Å². The van der Waals surface area contributed by atoms with Crippen LogP contribution in [0.3, 0.4) is 0 Å². The van der Waals surface area contributed by atoms with Gasteiger partial charge in [-0.3, -0.25) is 0 Å². The van der Waals surface area contributed by atoms with E-state index in [-0.39, 0.29) is 0 Å². The van der Waals surface area contributed by atoms with Crippen LogP contribution in [0.4, 0.5) is 5.82 Å². The van der Waals surface area contributed by atoms with Crippen molar-refractivity contribution in [3.05, 3.63) is 40.8 Å². The van der Waals surface area contributed by atoms with Gasteiger partial charge in [-0.2, -0.15) is 0 Å². The maximum Gasteiger partial charge on any atom is 0.163 e. The van der Waals surface area contributed by atoms with E-state index in [0.717, 1.165) is 40.3 Å². The van der Waals surface area contributed by atoms with Crippen LogP contribution in [-0.2, 0) is 12.8 Å². The van der Waals surface area contributed by atoms with E-state index in [2.05, 4.69) is 10.4 Å². The fourth-order valence-corrected chi connectivity index (χ4v) is 4.42. The minimum absolute atomic E-state index is 0.734. The monoisotopic (exact) mass is 310 g/mol. The number of benzene rings is 1. The standard InChI is InChI=1S/C17H18N4S/c18-21-16-14-12-9-5-2-6-10-13(12)22-17(14)20-15(19-16)11-7-3-1-4-8-11/h1,3-4,7-8H,2,5-6,9-10,18H2,(H,19,20,21). The van der Waals surface area contributed by atoms with Crippen molar-refractivity contribution in [1.82, 2.24) is 9.97 Å². The maximum absolute atomic E-state index is 5.76. The number of thiophene rings is 1. The first kappa shape index (κ1) is 13.7. The molecule has 0 unspecified atom stereocenters. The summed E-state index contributed by atoms with van der Waals surface area (Å²) in [6.07, 6.45) is 6.07. The number of hydrogen-bond acceptors (Lipinski definition) is 5. The molecule has 1 aromatic carbocycles. The van der Waals surface area contributed by atoms with Gasteiger partial charge in [0, 0.05) is 10.4 Å². The quantitative estimate of drug-likeness (QED) is 0.428. The lowest BCUT2D eigenvalue weighted by molar-refractivity contribution is 0.713. The highest BCUT2D eigenvalue weighted by molar-refractivity contribution is 7.19. The van der Waals surface area contributed by atoms with Crippen LogP contribution >= 0.6 is 11.3 Å². The zero-order valence-electron chi connectivity index (χ0n) is 12.3. The first-order valence-corrected chi connectivity index (χ1v) is 8.53. The summed E-state index contributed by atoms with van der Waals surface area (Å²) in [5.74, 6) is 7.25. The van der Waals surface area contributed by atoms with E-state index in [0.29, 0.717) is 0 Å². The van der Waals surface area contributed by atoms with E-state index in [1.165, 1.54) is 29.7 Å². The van der Waals surface area contributed by atoms with Gasteiger partial charge in [-0.1, -0.05) is 36.8 Å². The lowest BCUT2D eigenvalue weighted by Crippen LogP contribution is -2.10. The number of nitrogens with one attached hydrogen (secondary N) is 1. The Labute approximate surface area is 133 Å². The van der Waals surface area contributed by atoms with Gasteiger partial charge in [-0.05, 0) is 31.2 Å². The molecule has 0 amide bonds. The summed E-state index contributed by atoms with van der Waals surface area (Å²) >= 11 is 1.80. The summed E-state index contributed by atoms with van der Waals surface area (Å²) in [5.41, 5.74) is 5.22. The number of nitrogens with zero attached hydrogens (tertiary/aromatic N) is 2. The molecule has 3 aromatic rings. The highest BCUT2D eigenvalue weighted by Crippen LogP contribution is 2.38. The molecule has 0 atom stereocenters. The zero-order valence-corrected chi connectivity index (χ0v) is 13.1. The molecule has 0 fully saturated rings. The number of aromatic nitrogens is 2. The van der Waals surface area contributed by atoms with Crippen LogP contribution < -0.4 is 11.3 Å². The topological polar surface area (TPSA) is 63.8 Å². The Hall–Kier alpha value is -1.98. The van der Waals surface area contributed by atoms with Crippen LogP contribution in [-0.4, -0.2) is 9.97 Å². The number of fused-ring (bicyclic) bond motifs is 3. The molecule has 0 saturated carbocycles. The molecule has 2 heterocycles. The van der Waals surface area contributed by atoms with Gasteiger partial charge in [0.2, 0.25) is 0 Å². The van der Waals surface area contributed by atoms with Crippen LogP contribution in [0.5, 0.6) is 0 Å². The summed E-state index contributed by atoms with van der Waals surface area (Å²) in [6, 6.07) is 10.1. The molecule has 112 valence electrons. The second kappa shape index (κ2) is 5.66.